The first kappa shape index (κ1) is 13.9. The summed E-state index contributed by atoms with van der Waals surface area (Å²) in [6.07, 6.45) is 0. The smallest absolute Gasteiger partial charge is 0.170 e. The molecule has 0 heterocycles. The number of aryl methyl sites for hydroxylation is 2. The van der Waals surface area contributed by atoms with Gasteiger partial charge in [-0.1, -0.05) is 5.16 Å². The maximum atomic E-state index is 13.0. The molecule has 0 fully saturated rings. The van der Waals surface area contributed by atoms with Crippen molar-refractivity contribution >= 4 is 5.84 Å². The van der Waals surface area contributed by atoms with E-state index in [-0.39, 0.29) is 11.7 Å². The van der Waals surface area contributed by atoms with Crippen LogP contribution in [0.2, 0.25) is 0 Å². The van der Waals surface area contributed by atoms with E-state index >= 15 is 0 Å². The van der Waals surface area contributed by atoms with Gasteiger partial charge in [0.15, 0.2) is 5.84 Å². The number of ether oxygens (including phenoxy) is 1. The average molecular weight is 274 g/mol. The van der Waals surface area contributed by atoms with Crippen LogP contribution in [0.3, 0.4) is 0 Å². The minimum atomic E-state index is -0.298. The summed E-state index contributed by atoms with van der Waals surface area (Å²) in [5.74, 6) is 0.939. The molecular formula is C15H15FN2O2. The summed E-state index contributed by atoms with van der Waals surface area (Å²) in [5, 5.41) is 11.6. The van der Waals surface area contributed by atoms with Crippen LogP contribution in [0.25, 0.3) is 0 Å². The zero-order valence-corrected chi connectivity index (χ0v) is 11.2. The van der Waals surface area contributed by atoms with E-state index in [1.807, 2.05) is 6.92 Å². The number of amidine groups is 1. The first-order valence-corrected chi connectivity index (χ1v) is 6.04. The van der Waals surface area contributed by atoms with Crippen LogP contribution in [0.5, 0.6) is 11.5 Å². The summed E-state index contributed by atoms with van der Waals surface area (Å²) < 4.78 is 18.7. The third kappa shape index (κ3) is 2.88. The van der Waals surface area contributed by atoms with E-state index in [0.717, 1.165) is 5.56 Å². The predicted octanol–water partition coefficient (Wildman–Crippen LogP) is 3.33. The van der Waals surface area contributed by atoms with Crippen LogP contribution < -0.4 is 10.5 Å². The van der Waals surface area contributed by atoms with Crippen molar-refractivity contribution in [2.45, 2.75) is 13.8 Å². The molecule has 20 heavy (non-hydrogen) atoms. The summed E-state index contributed by atoms with van der Waals surface area (Å²) in [6, 6.07) is 9.53. The lowest BCUT2D eigenvalue weighted by Crippen LogP contribution is -2.14. The highest BCUT2D eigenvalue weighted by atomic mass is 19.1. The molecule has 0 bridgehead atoms. The number of nitrogens with zero attached hydrogens (tertiary/aromatic N) is 1. The Balaban J connectivity index is 2.29. The Morgan fingerprint density at radius 1 is 1.15 bits per heavy atom. The monoisotopic (exact) mass is 274 g/mol. The number of rotatable bonds is 3. The largest absolute Gasteiger partial charge is 0.457 e. The fourth-order valence-electron chi connectivity index (χ4n) is 1.90. The second-order valence-corrected chi connectivity index (χ2v) is 4.47. The first-order chi connectivity index (χ1) is 9.51. The lowest BCUT2D eigenvalue weighted by molar-refractivity contribution is 0.318. The van der Waals surface area contributed by atoms with Crippen molar-refractivity contribution in [1.82, 2.24) is 0 Å². The topological polar surface area (TPSA) is 67.8 Å². The fraction of sp³-hybridized carbons (Fsp3) is 0.133. The van der Waals surface area contributed by atoms with Gasteiger partial charge in [-0.2, -0.15) is 0 Å². The van der Waals surface area contributed by atoms with Gasteiger partial charge in [0.05, 0.1) is 0 Å². The Morgan fingerprint density at radius 2 is 1.90 bits per heavy atom. The molecule has 0 radical (unpaired) electrons. The summed E-state index contributed by atoms with van der Waals surface area (Å²) in [4.78, 5) is 0. The molecule has 0 saturated carbocycles. The zero-order valence-electron chi connectivity index (χ0n) is 11.2. The number of halogens is 1. The summed E-state index contributed by atoms with van der Waals surface area (Å²) in [7, 11) is 0. The Labute approximate surface area is 116 Å². The van der Waals surface area contributed by atoms with Gasteiger partial charge in [-0.15, -0.1) is 0 Å². The van der Waals surface area contributed by atoms with Gasteiger partial charge in [0.25, 0.3) is 0 Å². The normalized spacial score (nSPS) is 11.4. The molecule has 4 nitrogen and oxygen atoms in total. The molecule has 2 aromatic carbocycles. The van der Waals surface area contributed by atoms with E-state index in [0.29, 0.717) is 22.6 Å². The van der Waals surface area contributed by atoms with Crippen LogP contribution >= 0.6 is 0 Å². The Bertz CT molecular complexity index is 669. The molecule has 0 aliphatic heterocycles. The van der Waals surface area contributed by atoms with Crippen molar-refractivity contribution in [3.63, 3.8) is 0 Å². The Hall–Kier alpha value is -2.56. The van der Waals surface area contributed by atoms with Gasteiger partial charge >= 0.3 is 0 Å². The molecule has 5 heteroatoms. The standard InChI is InChI=1S/C15H15FN2O2/c1-9-8-12(4-5-13(9)15(17)18-19)20-14-6-3-11(16)7-10(14)2/h3-8,19H,1-2H3,(H2,17,18). The molecule has 0 aromatic heterocycles. The van der Waals surface area contributed by atoms with Gasteiger partial charge in [-0.25, -0.2) is 4.39 Å². The lowest BCUT2D eigenvalue weighted by Gasteiger charge is -2.11. The van der Waals surface area contributed by atoms with Crippen LogP contribution in [0, 0.1) is 19.7 Å². The Kier molecular flexibility index (Phi) is 3.89. The van der Waals surface area contributed by atoms with E-state index in [4.69, 9.17) is 15.7 Å². The maximum absolute atomic E-state index is 13.0. The third-order valence-corrected chi connectivity index (χ3v) is 2.95. The summed E-state index contributed by atoms with van der Waals surface area (Å²) in [5.41, 5.74) is 7.72. The highest BCUT2D eigenvalue weighted by molar-refractivity contribution is 5.98. The van der Waals surface area contributed by atoms with Crippen LogP contribution in [0.1, 0.15) is 16.7 Å². The van der Waals surface area contributed by atoms with Gasteiger partial charge in [0.1, 0.15) is 17.3 Å². The minimum Gasteiger partial charge on any atom is -0.457 e. The molecule has 0 aliphatic rings. The maximum Gasteiger partial charge on any atom is 0.170 e. The average Bonchev–Trinajstić information content (AvgIpc) is 2.41. The zero-order chi connectivity index (χ0) is 14.7. The van der Waals surface area contributed by atoms with Crippen molar-refractivity contribution in [3.05, 3.63) is 58.9 Å². The second kappa shape index (κ2) is 5.61. The molecule has 2 aromatic rings. The van der Waals surface area contributed by atoms with Crippen LogP contribution in [0.4, 0.5) is 4.39 Å². The van der Waals surface area contributed by atoms with Crippen molar-refractivity contribution in [1.29, 1.82) is 0 Å². The molecule has 0 atom stereocenters. The van der Waals surface area contributed by atoms with Gasteiger partial charge in [0, 0.05) is 5.56 Å². The number of hydrogen-bond acceptors (Lipinski definition) is 3. The molecule has 0 unspecified atom stereocenters. The fourth-order valence-corrected chi connectivity index (χ4v) is 1.90. The van der Waals surface area contributed by atoms with E-state index in [1.54, 1.807) is 31.2 Å². The van der Waals surface area contributed by atoms with E-state index < -0.39 is 0 Å². The predicted molar refractivity (Wildman–Crippen MR) is 74.9 cm³/mol. The van der Waals surface area contributed by atoms with Crippen molar-refractivity contribution in [2.24, 2.45) is 10.9 Å². The molecule has 0 amide bonds. The molecule has 0 spiro atoms. The van der Waals surface area contributed by atoms with Crippen LogP contribution in [0.15, 0.2) is 41.6 Å². The second-order valence-electron chi connectivity index (χ2n) is 4.47. The number of nitrogens with two attached hydrogens (primary N) is 1. The molecule has 2 rings (SSSR count). The van der Waals surface area contributed by atoms with Gasteiger partial charge in [-0.05, 0) is 61.4 Å². The summed E-state index contributed by atoms with van der Waals surface area (Å²) >= 11 is 0. The highest BCUT2D eigenvalue weighted by Gasteiger charge is 2.07. The number of oxime groups is 1. The van der Waals surface area contributed by atoms with E-state index in [9.17, 15) is 4.39 Å². The van der Waals surface area contributed by atoms with Gasteiger partial charge < -0.3 is 15.7 Å². The Morgan fingerprint density at radius 3 is 2.50 bits per heavy atom. The summed E-state index contributed by atoms with van der Waals surface area (Å²) in [6.45, 7) is 3.60. The molecule has 0 aliphatic carbocycles. The minimum absolute atomic E-state index is 0.0482. The number of benzene rings is 2. The highest BCUT2D eigenvalue weighted by Crippen LogP contribution is 2.27. The third-order valence-electron chi connectivity index (χ3n) is 2.95. The molecular weight excluding hydrogens is 259 g/mol. The van der Waals surface area contributed by atoms with Crippen molar-refractivity contribution in [3.8, 4) is 11.5 Å². The molecule has 104 valence electrons. The van der Waals surface area contributed by atoms with Gasteiger partial charge in [0.2, 0.25) is 0 Å². The van der Waals surface area contributed by atoms with E-state index in [1.165, 1.54) is 12.1 Å². The van der Waals surface area contributed by atoms with Crippen molar-refractivity contribution in [2.75, 3.05) is 0 Å². The quantitative estimate of drug-likeness (QED) is 0.390. The SMILES string of the molecule is Cc1cc(F)ccc1Oc1ccc(/C(N)=N/O)c(C)c1. The van der Waals surface area contributed by atoms with Crippen molar-refractivity contribution < 1.29 is 14.3 Å². The first-order valence-electron chi connectivity index (χ1n) is 6.04. The van der Waals surface area contributed by atoms with Gasteiger partial charge in [-0.3, -0.25) is 0 Å². The molecule has 0 saturated heterocycles. The van der Waals surface area contributed by atoms with E-state index in [2.05, 4.69) is 5.16 Å². The van der Waals surface area contributed by atoms with Crippen LogP contribution in [-0.2, 0) is 0 Å². The number of hydrogen-bond donors (Lipinski definition) is 2. The molecule has 3 N–H and O–H groups in total. The van der Waals surface area contributed by atoms with Crippen LogP contribution in [-0.4, -0.2) is 11.0 Å². The lowest BCUT2D eigenvalue weighted by atomic mass is 10.1.